The molecule has 0 bridgehead atoms. The summed E-state index contributed by atoms with van der Waals surface area (Å²) in [7, 11) is 1.40. The van der Waals surface area contributed by atoms with E-state index in [2.05, 4.69) is 12.2 Å². The van der Waals surface area contributed by atoms with Gasteiger partial charge in [-0.05, 0) is 44.5 Å². The highest BCUT2D eigenvalue weighted by Crippen LogP contribution is 2.19. The van der Waals surface area contributed by atoms with E-state index in [4.69, 9.17) is 9.47 Å². The van der Waals surface area contributed by atoms with Crippen LogP contribution in [0.2, 0.25) is 0 Å². The molecule has 0 aromatic heterocycles. The van der Waals surface area contributed by atoms with Gasteiger partial charge in [-0.2, -0.15) is 0 Å². The first kappa shape index (κ1) is 15.5. The van der Waals surface area contributed by atoms with Crippen molar-refractivity contribution in [1.82, 2.24) is 5.32 Å². The van der Waals surface area contributed by atoms with Crippen molar-refractivity contribution in [3.8, 4) is 5.75 Å². The first-order valence-corrected chi connectivity index (χ1v) is 6.66. The summed E-state index contributed by atoms with van der Waals surface area (Å²) in [5.41, 5.74) is 0.886. The second-order valence-corrected chi connectivity index (χ2v) is 4.65. The summed E-state index contributed by atoms with van der Waals surface area (Å²) in [5, 5.41) is 3.18. The summed E-state index contributed by atoms with van der Waals surface area (Å²) in [6.07, 6.45) is 1.10. The average molecular weight is 265 g/mol. The zero-order valence-corrected chi connectivity index (χ0v) is 12.1. The molecule has 0 fully saturated rings. The highest BCUT2D eigenvalue weighted by atomic mass is 16.5. The molecule has 19 heavy (non-hydrogen) atoms. The fraction of sp³-hybridized carbons (Fsp3) is 0.533. The lowest BCUT2D eigenvalue weighted by Crippen LogP contribution is -2.30. The van der Waals surface area contributed by atoms with E-state index >= 15 is 0 Å². The third-order valence-electron chi connectivity index (χ3n) is 2.62. The number of benzene rings is 1. The van der Waals surface area contributed by atoms with Gasteiger partial charge in [0.1, 0.15) is 11.8 Å². The second-order valence-electron chi connectivity index (χ2n) is 4.65. The normalized spacial score (nSPS) is 12.3. The fourth-order valence-corrected chi connectivity index (χ4v) is 1.75. The Balaban J connectivity index is 2.81. The Morgan fingerprint density at radius 2 is 1.89 bits per heavy atom. The molecule has 0 saturated heterocycles. The highest BCUT2D eigenvalue weighted by Gasteiger charge is 2.20. The Morgan fingerprint density at radius 3 is 2.37 bits per heavy atom. The van der Waals surface area contributed by atoms with Crippen molar-refractivity contribution in [2.45, 2.75) is 39.3 Å². The molecule has 1 aromatic rings. The Bertz CT molecular complexity index is 387. The van der Waals surface area contributed by atoms with Gasteiger partial charge < -0.3 is 14.8 Å². The van der Waals surface area contributed by atoms with Crippen LogP contribution < -0.4 is 10.1 Å². The van der Waals surface area contributed by atoms with Crippen molar-refractivity contribution in [2.24, 2.45) is 0 Å². The van der Waals surface area contributed by atoms with Crippen LogP contribution in [0.4, 0.5) is 0 Å². The van der Waals surface area contributed by atoms with Gasteiger partial charge in [-0.25, -0.2) is 4.79 Å². The first-order valence-electron chi connectivity index (χ1n) is 6.66. The van der Waals surface area contributed by atoms with Crippen molar-refractivity contribution in [2.75, 3.05) is 13.7 Å². The molecule has 1 aromatic carbocycles. The predicted molar refractivity (Wildman–Crippen MR) is 75.3 cm³/mol. The second kappa shape index (κ2) is 7.79. The molecule has 1 rings (SSSR count). The third kappa shape index (κ3) is 4.91. The van der Waals surface area contributed by atoms with Crippen molar-refractivity contribution in [3.05, 3.63) is 29.8 Å². The van der Waals surface area contributed by atoms with Crippen molar-refractivity contribution in [1.29, 1.82) is 0 Å². The Hall–Kier alpha value is -1.55. The molecule has 1 N–H and O–H groups in total. The number of methoxy groups -OCH3 is 1. The van der Waals surface area contributed by atoms with E-state index in [0.29, 0.717) is 0 Å². The van der Waals surface area contributed by atoms with E-state index < -0.39 is 6.04 Å². The van der Waals surface area contributed by atoms with Gasteiger partial charge in [0.05, 0.1) is 13.2 Å². The molecule has 4 heteroatoms. The lowest BCUT2D eigenvalue weighted by molar-refractivity contribution is -0.143. The monoisotopic (exact) mass is 265 g/mol. The molecule has 0 spiro atoms. The van der Waals surface area contributed by atoms with Gasteiger partial charge in [0, 0.05) is 0 Å². The minimum absolute atomic E-state index is 0.139. The minimum atomic E-state index is -0.418. The van der Waals surface area contributed by atoms with Crippen LogP contribution in [-0.4, -0.2) is 25.7 Å². The van der Waals surface area contributed by atoms with E-state index in [1.54, 1.807) is 0 Å². The molecular weight excluding hydrogens is 242 g/mol. The Labute approximate surface area is 115 Å². The van der Waals surface area contributed by atoms with Crippen LogP contribution in [0.15, 0.2) is 24.3 Å². The molecule has 0 aliphatic carbocycles. The summed E-state index contributed by atoms with van der Waals surface area (Å²) in [6.45, 7) is 6.78. The smallest absolute Gasteiger partial charge is 0.327 e. The lowest BCUT2D eigenvalue weighted by atomic mass is 10.1. The van der Waals surface area contributed by atoms with E-state index in [9.17, 15) is 4.79 Å². The lowest BCUT2D eigenvalue weighted by Gasteiger charge is -2.17. The number of nitrogens with one attached hydrogen (secondary N) is 1. The van der Waals surface area contributed by atoms with Gasteiger partial charge in [0.2, 0.25) is 0 Å². The zero-order chi connectivity index (χ0) is 14.3. The fourth-order valence-electron chi connectivity index (χ4n) is 1.75. The van der Waals surface area contributed by atoms with Crippen molar-refractivity contribution in [3.63, 3.8) is 0 Å². The molecule has 1 atom stereocenters. The van der Waals surface area contributed by atoms with Gasteiger partial charge in [-0.3, -0.25) is 0 Å². The number of ether oxygens (including phenoxy) is 2. The van der Waals surface area contributed by atoms with Crippen molar-refractivity contribution < 1.29 is 14.3 Å². The molecular formula is C15H23NO3. The number of esters is 1. The molecule has 0 aliphatic rings. The zero-order valence-electron chi connectivity index (χ0n) is 12.1. The summed E-state index contributed by atoms with van der Waals surface area (Å²) >= 11 is 0. The molecule has 106 valence electrons. The maximum atomic E-state index is 11.8. The summed E-state index contributed by atoms with van der Waals surface area (Å²) in [6, 6.07) is 7.11. The SMILES string of the molecule is CCCNC(C(=O)OC)c1ccc(OC(C)C)cc1. The molecule has 0 heterocycles. The van der Waals surface area contributed by atoms with Crippen LogP contribution in [0, 0.1) is 0 Å². The van der Waals surface area contributed by atoms with E-state index in [1.165, 1.54) is 7.11 Å². The third-order valence-corrected chi connectivity index (χ3v) is 2.62. The van der Waals surface area contributed by atoms with Crippen LogP contribution in [0.5, 0.6) is 5.75 Å². The van der Waals surface area contributed by atoms with Gasteiger partial charge in [0.25, 0.3) is 0 Å². The number of carbonyl (C=O) groups is 1. The van der Waals surface area contributed by atoms with Gasteiger partial charge >= 0.3 is 5.97 Å². The van der Waals surface area contributed by atoms with Crippen molar-refractivity contribution >= 4 is 5.97 Å². The number of carbonyl (C=O) groups excluding carboxylic acids is 1. The Morgan fingerprint density at radius 1 is 1.26 bits per heavy atom. The largest absolute Gasteiger partial charge is 0.491 e. The van der Waals surface area contributed by atoms with E-state index in [-0.39, 0.29) is 12.1 Å². The van der Waals surface area contributed by atoms with Gasteiger partial charge in [-0.15, -0.1) is 0 Å². The maximum absolute atomic E-state index is 11.8. The quantitative estimate of drug-likeness (QED) is 0.770. The summed E-state index contributed by atoms with van der Waals surface area (Å²) in [4.78, 5) is 11.8. The maximum Gasteiger partial charge on any atom is 0.327 e. The molecule has 4 nitrogen and oxygen atoms in total. The van der Waals surface area contributed by atoms with Gasteiger partial charge in [-0.1, -0.05) is 19.1 Å². The predicted octanol–water partition coefficient (Wildman–Crippen LogP) is 2.69. The van der Waals surface area contributed by atoms with Crippen LogP contribution >= 0.6 is 0 Å². The van der Waals surface area contributed by atoms with Gasteiger partial charge in [0.15, 0.2) is 0 Å². The van der Waals surface area contributed by atoms with Crippen LogP contribution in [0.1, 0.15) is 38.8 Å². The van der Waals surface area contributed by atoms with Crippen LogP contribution in [0.25, 0.3) is 0 Å². The standard InChI is InChI=1S/C15H23NO3/c1-5-10-16-14(15(17)18-4)12-6-8-13(9-7-12)19-11(2)3/h6-9,11,14,16H,5,10H2,1-4H3. The molecule has 1 unspecified atom stereocenters. The first-order chi connectivity index (χ1) is 9.08. The molecule has 0 aliphatic heterocycles. The highest BCUT2D eigenvalue weighted by molar-refractivity contribution is 5.77. The summed E-state index contributed by atoms with van der Waals surface area (Å²) < 4.78 is 10.4. The molecule has 0 radical (unpaired) electrons. The molecule has 0 amide bonds. The number of hydrogen-bond donors (Lipinski definition) is 1. The number of rotatable bonds is 7. The minimum Gasteiger partial charge on any atom is -0.491 e. The van der Waals surface area contributed by atoms with Crippen LogP contribution in [0.3, 0.4) is 0 Å². The molecule has 0 saturated carbocycles. The average Bonchev–Trinajstić information content (AvgIpc) is 2.40. The Kier molecular flexibility index (Phi) is 6.36. The van der Waals surface area contributed by atoms with E-state index in [1.807, 2.05) is 38.1 Å². The van der Waals surface area contributed by atoms with Crippen LogP contribution in [-0.2, 0) is 9.53 Å². The summed E-state index contributed by atoms with van der Waals surface area (Å²) in [5.74, 6) is 0.531. The van der Waals surface area contributed by atoms with E-state index in [0.717, 1.165) is 24.3 Å². The topological polar surface area (TPSA) is 47.6 Å². The number of hydrogen-bond acceptors (Lipinski definition) is 4.